The SMILES string of the molecule is Cn1ccc(NC(=O)CN2CCC3(CC2)OCCCC3O)n1. The number of rotatable bonds is 3. The third kappa shape index (κ3) is 3.31. The van der Waals surface area contributed by atoms with Crippen LogP contribution in [0.4, 0.5) is 5.82 Å². The van der Waals surface area contributed by atoms with Gasteiger partial charge in [-0.1, -0.05) is 0 Å². The van der Waals surface area contributed by atoms with E-state index in [9.17, 15) is 9.90 Å². The van der Waals surface area contributed by atoms with Crippen molar-refractivity contribution >= 4 is 11.7 Å². The van der Waals surface area contributed by atoms with Crippen molar-refractivity contribution < 1.29 is 14.6 Å². The minimum absolute atomic E-state index is 0.0558. The number of carbonyl (C=O) groups excluding carboxylic acids is 1. The van der Waals surface area contributed by atoms with Crippen LogP contribution in [0.25, 0.3) is 0 Å². The number of aromatic nitrogens is 2. The maximum atomic E-state index is 12.0. The molecular weight excluding hydrogens is 284 g/mol. The molecule has 2 aliphatic rings. The topological polar surface area (TPSA) is 79.6 Å². The van der Waals surface area contributed by atoms with E-state index >= 15 is 0 Å². The summed E-state index contributed by atoms with van der Waals surface area (Å²) in [5.74, 6) is 0.520. The zero-order chi connectivity index (χ0) is 15.6. The Hall–Kier alpha value is -1.44. The molecule has 1 atom stereocenters. The van der Waals surface area contributed by atoms with E-state index in [2.05, 4.69) is 15.3 Å². The third-order valence-corrected chi connectivity index (χ3v) is 4.67. The molecule has 7 heteroatoms. The molecule has 1 spiro atoms. The highest BCUT2D eigenvalue weighted by Crippen LogP contribution is 2.35. The summed E-state index contributed by atoms with van der Waals surface area (Å²) in [5.41, 5.74) is -0.383. The van der Waals surface area contributed by atoms with Crippen LogP contribution in [0.5, 0.6) is 0 Å². The highest BCUT2D eigenvalue weighted by Gasteiger charge is 2.43. The van der Waals surface area contributed by atoms with E-state index in [-0.39, 0.29) is 17.6 Å². The van der Waals surface area contributed by atoms with E-state index in [1.807, 2.05) is 7.05 Å². The van der Waals surface area contributed by atoms with Crippen LogP contribution in [0, 0.1) is 0 Å². The van der Waals surface area contributed by atoms with Gasteiger partial charge in [0.25, 0.3) is 0 Å². The first-order chi connectivity index (χ1) is 10.6. The number of carbonyl (C=O) groups is 1. The van der Waals surface area contributed by atoms with Crippen molar-refractivity contribution in [1.82, 2.24) is 14.7 Å². The minimum Gasteiger partial charge on any atom is -0.390 e. The summed E-state index contributed by atoms with van der Waals surface area (Å²) in [6.45, 7) is 2.62. The Morgan fingerprint density at radius 2 is 2.32 bits per heavy atom. The van der Waals surface area contributed by atoms with E-state index < -0.39 is 0 Å². The van der Waals surface area contributed by atoms with Gasteiger partial charge in [-0.2, -0.15) is 5.10 Å². The molecule has 0 radical (unpaired) electrons. The standard InChI is InChI=1S/C15H24N4O3/c1-18-7-4-13(17-18)16-14(21)11-19-8-5-15(6-9-19)12(20)3-2-10-22-15/h4,7,12,20H,2-3,5-6,8-11H2,1H3,(H,16,17,21). The Labute approximate surface area is 130 Å². The highest BCUT2D eigenvalue weighted by molar-refractivity contribution is 5.91. The predicted octanol–water partition coefficient (Wildman–Crippen LogP) is 0.364. The van der Waals surface area contributed by atoms with Crippen molar-refractivity contribution in [1.29, 1.82) is 0 Å². The maximum absolute atomic E-state index is 12.0. The fourth-order valence-corrected chi connectivity index (χ4v) is 3.35. The summed E-state index contributed by atoms with van der Waals surface area (Å²) >= 11 is 0. The normalized spacial score (nSPS) is 25.3. The van der Waals surface area contributed by atoms with Gasteiger partial charge in [0, 0.05) is 39.0 Å². The number of ether oxygens (including phenoxy) is 1. The number of anilines is 1. The molecule has 0 aliphatic carbocycles. The smallest absolute Gasteiger partial charge is 0.239 e. The first-order valence-corrected chi connectivity index (χ1v) is 7.91. The molecule has 122 valence electrons. The van der Waals surface area contributed by atoms with Gasteiger partial charge in [0.2, 0.25) is 5.91 Å². The molecule has 1 unspecified atom stereocenters. The third-order valence-electron chi connectivity index (χ3n) is 4.67. The lowest BCUT2D eigenvalue weighted by Gasteiger charge is -2.46. The Morgan fingerprint density at radius 1 is 1.55 bits per heavy atom. The molecule has 22 heavy (non-hydrogen) atoms. The summed E-state index contributed by atoms with van der Waals surface area (Å²) < 4.78 is 7.54. The highest BCUT2D eigenvalue weighted by atomic mass is 16.5. The van der Waals surface area contributed by atoms with Gasteiger partial charge in [-0.25, -0.2) is 0 Å². The molecule has 7 nitrogen and oxygen atoms in total. The molecule has 1 aromatic rings. The molecule has 1 aromatic heterocycles. The molecule has 2 saturated heterocycles. The van der Waals surface area contributed by atoms with E-state index in [1.165, 1.54) is 0 Å². The molecule has 0 saturated carbocycles. The number of hydrogen-bond acceptors (Lipinski definition) is 5. The van der Waals surface area contributed by atoms with E-state index in [1.54, 1.807) is 16.9 Å². The number of likely N-dealkylation sites (tertiary alicyclic amines) is 1. The summed E-state index contributed by atoms with van der Waals surface area (Å²) in [5, 5.41) is 17.1. The molecule has 2 fully saturated rings. The molecule has 0 aromatic carbocycles. The number of amides is 1. The van der Waals surface area contributed by atoms with Gasteiger partial charge in [0.15, 0.2) is 5.82 Å². The van der Waals surface area contributed by atoms with Gasteiger partial charge >= 0.3 is 0 Å². The second-order valence-corrected chi connectivity index (χ2v) is 6.27. The fraction of sp³-hybridized carbons (Fsp3) is 0.733. The lowest BCUT2D eigenvalue weighted by atomic mass is 9.82. The van der Waals surface area contributed by atoms with Crippen LogP contribution in [0.3, 0.4) is 0 Å². The van der Waals surface area contributed by atoms with Crippen LogP contribution < -0.4 is 5.32 Å². The van der Waals surface area contributed by atoms with Gasteiger partial charge in [-0.05, 0) is 25.7 Å². The van der Waals surface area contributed by atoms with E-state index in [0.29, 0.717) is 12.4 Å². The van der Waals surface area contributed by atoms with Crippen LogP contribution in [-0.2, 0) is 16.6 Å². The van der Waals surface area contributed by atoms with Gasteiger partial charge in [0.05, 0.1) is 18.2 Å². The van der Waals surface area contributed by atoms with Gasteiger partial charge in [-0.15, -0.1) is 0 Å². The molecule has 3 heterocycles. The second kappa shape index (κ2) is 6.36. The summed E-state index contributed by atoms with van der Waals surface area (Å²) in [4.78, 5) is 14.1. The number of hydrogen-bond donors (Lipinski definition) is 2. The largest absolute Gasteiger partial charge is 0.390 e. The average Bonchev–Trinajstić information content (AvgIpc) is 2.90. The molecular formula is C15H24N4O3. The fourth-order valence-electron chi connectivity index (χ4n) is 3.35. The number of aliphatic hydroxyl groups is 1. The lowest BCUT2D eigenvalue weighted by Crippen LogP contribution is -2.55. The molecule has 3 rings (SSSR count). The van der Waals surface area contributed by atoms with Crippen LogP contribution in [-0.4, -0.2) is 63.6 Å². The van der Waals surface area contributed by atoms with Crippen LogP contribution in [0.1, 0.15) is 25.7 Å². The molecule has 0 bridgehead atoms. The number of aryl methyl sites for hydroxylation is 1. The first-order valence-electron chi connectivity index (χ1n) is 7.91. The van der Waals surface area contributed by atoms with Crippen LogP contribution in [0.15, 0.2) is 12.3 Å². The van der Waals surface area contributed by atoms with Crippen molar-refractivity contribution in [3.05, 3.63) is 12.3 Å². The Bertz CT molecular complexity index is 523. The van der Waals surface area contributed by atoms with Crippen molar-refractivity contribution in [2.45, 2.75) is 37.4 Å². The monoisotopic (exact) mass is 308 g/mol. The second-order valence-electron chi connectivity index (χ2n) is 6.27. The van der Waals surface area contributed by atoms with E-state index in [4.69, 9.17) is 4.74 Å². The van der Waals surface area contributed by atoms with Crippen molar-refractivity contribution in [2.75, 3.05) is 31.6 Å². The van der Waals surface area contributed by atoms with Gasteiger partial charge < -0.3 is 15.2 Å². The van der Waals surface area contributed by atoms with Gasteiger partial charge in [0.1, 0.15) is 0 Å². The van der Waals surface area contributed by atoms with Crippen LogP contribution in [0.2, 0.25) is 0 Å². The predicted molar refractivity (Wildman–Crippen MR) is 81.4 cm³/mol. The number of nitrogens with one attached hydrogen (secondary N) is 1. The maximum Gasteiger partial charge on any atom is 0.239 e. The summed E-state index contributed by atoms with van der Waals surface area (Å²) in [6, 6.07) is 1.77. The van der Waals surface area contributed by atoms with Crippen LogP contribution >= 0.6 is 0 Å². The summed E-state index contributed by atoms with van der Waals surface area (Å²) in [6.07, 6.45) is 4.74. The first kappa shape index (κ1) is 15.5. The number of aliphatic hydroxyl groups excluding tert-OH is 1. The van der Waals surface area contributed by atoms with Crippen molar-refractivity contribution in [3.63, 3.8) is 0 Å². The minimum atomic E-state index is -0.383. The summed E-state index contributed by atoms with van der Waals surface area (Å²) in [7, 11) is 1.81. The average molecular weight is 308 g/mol. The Morgan fingerprint density at radius 3 is 2.95 bits per heavy atom. The zero-order valence-electron chi connectivity index (χ0n) is 13.0. The molecule has 1 amide bonds. The van der Waals surface area contributed by atoms with Gasteiger partial charge in [-0.3, -0.25) is 14.4 Å². The van der Waals surface area contributed by atoms with Crippen molar-refractivity contribution in [2.24, 2.45) is 7.05 Å². The molecule has 2 N–H and O–H groups in total. The molecule has 2 aliphatic heterocycles. The quantitative estimate of drug-likeness (QED) is 0.843. The Balaban J connectivity index is 1.48. The number of piperidine rings is 1. The Kier molecular flexibility index (Phi) is 4.46. The number of nitrogens with zero attached hydrogens (tertiary/aromatic N) is 3. The van der Waals surface area contributed by atoms with Crippen molar-refractivity contribution in [3.8, 4) is 0 Å². The van der Waals surface area contributed by atoms with E-state index in [0.717, 1.165) is 45.4 Å². The zero-order valence-corrected chi connectivity index (χ0v) is 13.0. The lowest BCUT2D eigenvalue weighted by molar-refractivity contribution is -0.177.